The number of hydrogen-bond donors (Lipinski definition) is 2. The number of methoxy groups -OCH3 is 1. The maximum atomic E-state index is 11.6. The standard InChI is InChI=1S/C13H15ClO4/c1-18-8-6-9(11(15)10(14)7-8)13(12(16)17)4-2-3-5-13/h6-7,15H,2-5H2,1H3,(H,16,17). The van der Waals surface area contributed by atoms with Crippen molar-refractivity contribution in [1.82, 2.24) is 0 Å². The van der Waals surface area contributed by atoms with Crippen LogP contribution in [0.5, 0.6) is 11.5 Å². The van der Waals surface area contributed by atoms with E-state index in [0.717, 1.165) is 12.8 Å². The van der Waals surface area contributed by atoms with Crippen LogP contribution in [0, 0.1) is 0 Å². The van der Waals surface area contributed by atoms with Gasteiger partial charge in [-0.3, -0.25) is 4.79 Å². The van der Waals surface area contributed by atoms with E-state index >= 15 is 0 Å². The molecule has 0 heterocycles. The number of carboxylic acids is 1. The van der Waals surface area contributed by atoms with E-state index in [-0.39, 0.29) is 10.8 Å². The topological polar surface area (TPSA) is 66.8 Å². The summed E-state index contributed by atoms with van der Waals surface area (Å²) in [5, 5.41) is 19.7. The molecule has 18 heavy (non-hydrogen) atoms. The molecule has 1 aromatic rings. The van der Waals surface area contributed by atoms with Gasteiger partial charge in [0.1, 0.15) is 11.5 Å². The number of carbonyl (C=O) groups is 1. The lowest BCUT2D eigenvalue weighted by atomic mass is 9.78. The van der Waals surface area contributed by atoms with Crippen molar-refractivity contribution in [2.75, 3.05) is 7.11 Å². The second-order valence-corrected chi connectivity index (χ2v) is 5.01. The molecule has 2 rings (SSSR count). The van der Waals surface area contributed by atoms with Gasteiger partial charge in [0, 0.05) is 11.6 Å². The molecule has 1 fully saturated rings. The predicted molar refractivity (Wildman–Crippen MR) is 67.5 cm³/mol. The van der Waals surface area contributed by atoms with Gasteiger partial charge < -0.3 is 14.9 Å². The van der Waals surface area contributed by atoms with Gasteiger partial charge in [-0.1, -0.05) is 24.4 Å². The summed E-state index contributed by atoms with van der Waals surface area (Å²) in [6, 6.07) is 3.05. The fourth-order valence-corrected chi connectivity index (χ4v) is 2.84. The van der Waals surface area contributed by atoms with E-state index < -0.39 is 11.4 Å². The van der Waals surface area contributed by atoms with Gasteiger partial charge in [0.2, 0.25) is 0 Å². The number of carboxylic acid groups (broad SMARTS) is 1. The Morgan fingerprint density at radius 1 is 1.39 bits per heavy atom. The van der Waals surface area contributed by atoms with Crippen molar-refractivity contribution in [2.45, 2.75) is 31.1 Å². The Kier molecular flexibility index (Phi) is 3.39. The van der Waals surface area contributed by atoms with E-state index in [1.165, 1.54) is 13.2 Å². The molecule has 0 bridgehead atoms. The fourth-order valence-electron chi connectivity index (χ4n) is 2.63. The van der Waals surface area contributed by atoms with E-state index in [1.807, 2.05) is 0 Å². The number of benzene rings is 1. The van der Waals surface area contributed by atoms with Crippen LogP contribution in [0.25, 0.3) is 0 Å². The minimum atomic E-state index is -1.04. The van der Waals surface area contributed by atoms with E-state index in [0.29, 0.717) is 24.2 Å². The quantitative estimate of drug-likeness (QED) is 0.886. The van der Waals surface area contributed by atoms with Crippen LogP contribution in [0.1, 0.15) is 31.2 Å². The molecule has 1 aliphatic carbocycles. The second kappa shape index (κ2) is 4.69. The zero-order valence-electron chi connectivity index (χ0n) is 10.1. The fraction of sp³-hybridized carbons (Fsp3) is 0.462. The number of aromatic hydroxyl groups is 1. The first-order valence-corrected chi connectivity index (χ1v) is 6.19. The highest BCUT2D eigenvalue weighted by atomic mass is 35.5. The van der Waals surface area contributed by atoms with Crippen molar-refractivity contribution in [3.8, 4) is 11.5 Å². The first-order chi connectivity index (χ1) is 8.51. The number of halogens is 1. The molecule has 0 saturated heterocycles. The monoisotopic (exact) mass is 270 g/mol. The number of phenolic OH excluding ortho intramolecular Hbond substituents is 1. The van der Waals surface area contributed by atoms with Gasteiger partial charge in [-0.25, -0.2) is 0 Å². The summed E-state index contributed by atoms with van der Waals surface area (Å²) in [5.74, 6) is -0.610. The molecule has 0 atom stereocenters. The van der Waals surface area contributed by atoms with Crippen LogP contribution in [0.3, 0.4) is 0 Å². The van der Waals surface area contributed by atoms with Crippen LogP contribution in [-0.4, -0.2) is 23.3 Å². The minimum Gasteiger partial charge on any atom is -0.506 e. The highest BCUT2D eigenvalue weighted by molar-refractivity contribution is 6.32. The van der Waals surface area contributed by atoms with Crippen LogP contribution >= 0.6 is 11.6 Å². The summed E-state index contributed by atoms with van der Waals surface area (Å²) in [4.78, 5) is 11.6. The average Bonchev–Trinajstić information content (AvgIpc) is 2.82. The molecule has 0 amide bonds. The number of ether oxygens (including phenoxy) is 1. The van der Waals surface area contributed by atoms with Crippen LogP contribution < -0.4 is 4.74 Å². The molecular formula is C13H15ClO4. The molecule has 5 heteroatoms. The molecular weight excluding hydrogens is 256 g/mol. The summed E-state index contributed by atoms with van der Waals surface area (Å²) in [5.41, 5.74) is -0.681. The van der Waals surface area contributed by atoms with Gasteiger partial charge in [0.15, 0.2) is 0 Å². The molecule has 98 valence electrons. The van der Waals surface area contributed by atoms with Gasteiger partial charge in [-0.15, -0.1) is 0 Å². The van der Waals surface area contributed by atoms with E-state index in [2.05, 4.69) is 0 Å². The molecule has 1 aromatic carbocycles. The summed E-state index contributed by atoms with van der Waals surface area (Å²) in [6.45, 7) is 0. The van der Waals surface area contributed by atoms with Gasteiger partial charge in [-0.05, 0) is 18.9 Å². The predicted octanol–water partition coefficient (Wildman–Crippen LogP) is 2.95. The Bertz CT molecular complexity index is 478. The molecule has 1 saturated carbocycles. The van der Waals surface area contributed by atoms with Crippen molar-refractivity contribution < 1.29 is 19.7 Å². The lowest BCUT2D eigenvalue weighted by molar-refractivity contribution is -0.143. The molecule has 1 aliphatic rings. The summed E-state index contributed by atoms with van der Waals surface area (Å²) < 4.78 is 5.09. The zero-order chi connectivity index (χ0) is 13.3. The number of phenols is 1. The molecule has 0 radical (unpaired) electrons. The number of rotatable bonds is 3. The molecule has 4 nitrogen and oxygen atoms in total. The Labute approximate surface area is 110 Å². The maximum absolute atomic E-state index is 11.6. The largest absolute Gasteiger partial charge is 0.506 e. The third kappa shape index (κ3) is 1.90. The number of hydrogen-bond acceptors (Lipinski definition) is 3. The van der Waals surface area contributed by atoms with E-state index in [4.69, 9.17) is 16.3 Å². The third-order valence-corrected chi connectivity index (χ3v) is 3.94. The van der Waals surface area contributed by atoms with Crippen LogP contribution in [0.2, 0.25) is 5.02 Å². The zero-order valence-corrected chi connectivity index (χ0v) is 10.8. The first kappa shape index (κ1) is 13.0. The van der Waals surface area contributed by atoms with Crippen molar-refractivity contribution in [3.05, 3.63) is 22.7 Å². The lowest BCUT2D eigenvalue weighted by Crippen LogP contribution is -2.32. The highest BCUT2D eigenvalue weighted by Crippen LogP contribution is 2.48. The summed E-state index contributed by atoms with van der Waals surface area (Å²) in [7, 11) is 1.48. The Hall–Kier alpha value is -1.42. The summed E-state index contributed by atoms with van der Waals surface area (Å²) in [6.07, 6.45) is 2.69. The first-order valence-electron chi connectivity index (χ1n) is 5.81. The summed E-state index contributed by atoms with van der Waals surface area (Å²) >= 11 is 5.92. The van der Waals surface area contributed by atoms with E-state index in [9.17, 15) is 15.0 Å². The highest BCUT2D eigenvalue weighted by Gasteiger charge is 2.45. The van der Waals surface area contributed by atoms with Crippen molar-refractivity contribution in [1.29, 1.82) is 0 Å². The lowest BCUT2D eigenvalue weighted by Gasteiger charge is -2.26. The Morgan fingerprint density at radius 3 is 2.50 bits per heavy atom. The van der Waals surface area contributed by atoms with Crippen molar-refractivity contribution >= 4 is 17.6 Å². The normalized spacial score (nSPS) is 17.7. The Morgan fingerprint density at radius 2 is 2.00 bits per heavy atom. The smallest absolute Gasteiger partial charge is 0.314 e. The Balaban J connectivity index is 2.61. The minimum absolute atomic E-state index is 0.122. The second-order valence-electron chi connectivity index (χ2n) is 4.60. The van der Waals surface area contributed by atoms with Crippen LogP contribution in [0.4, 0.5) is 0 Å². The molecule has 2 N–H and O–H groups in total. The van der Waals surface area contributed by atoms with Gasteiger partial charge in [-0.2, -0.15) is 0 Å². The van der Waals surface area contributed by atoms with Crippen LogP contribution in [-0.2, 0) is 10.2 Å². The molecule has 0 spiro atoms. The SMILES string of the molecule is COc1cc(Cl)c(O)c(C2(C(=O)O)CCCC2)c1. The van der Waals surface area contributed by atoms with E-state index in [1.54, 1.807) is 6.07 Å². The van der Waals surface area contributed by atoms with Gasteiger partial charge in [0.25, 0.3) is 0 Å². The van der Waals surface area contributed by atoms with Crippen molar-refractivity contribution in [2.24, 2.45) is 0 Å². The molecule has 0 aromatic heterocycles. The number of aliphatic carboxylic acids is 1. The average molecular weight is 271 g/mol. The van der Waals surface area contributed by atoms with Crippen LogP contribution in [0.15, 0.2) is 12.1 Å². The van der Waals surface area contributed by atoms with Gasteiger partial charge >= 0.3 is 5.97 Å². The molecule has 0 unspecified atom stereocenters. The third-order valence-electron chi connectivity index (χ3n) is 3.65. The van der Waals surface area contributed by atoms with Gasteiger partial charge in [0.05, 0.1) is 17.5 Å². The van der Waals surface area contributed by atoms with Crippen molar-refractivity contribution in [3.63, 3.8) is 0 Å². The molecule has 0 aliphatic heterocycles. The maximum Gasteiger partial charge on any atom is 0.314 e.